The molecule has 1 aromatic rings. The van der Waals surface area contributed by atoms with Gasteiger partial charge in [0.1, 0.15) is 11.8 Å². The highest BCUT2D eigenvalue weighted by Gasteiger charge is 2.20. The van der Waals surface area contributed by atoms with E-state index in [2.05, 4.69) is 15.3 Å². The van der Waals surface area contributed by atoms with E-state index in [0.29, 0.717) is 11.8 Å². The van der Waals surface area contributed by atoms with Gasteiger partial charge in [0.05, 0.1) is 12.3 Å². The summed E-state index contributed by atoms with van der Waals surface area (Å²) >= 11 is 5.95. The van der Waals surface area contributed by atoms with Gasteiger partial charge in [0, 0.05) is 19.3 Å². The Labute approximate surface area is 87.7 Å². The lowest BCUT2D eigenvalue weighted by Gasteiger charge is -2.23. The SMILES string of the molecule is Cc1cnc(Cl)c(C2CNCCO2)n1. The van der Waals surface area contributed by atoms with E-state index in [4.69, 9.17) is 16.3 Å². The Hall–Kier alpha value is -0.710. The third kappa shape index (κ3) is 2.03. The van der Waals surface area contributed by atoms with E-state index < -0.39 is 0 Å². The molecule has 14 heavy (non-hydrogen) atoms. The van der Waals surface area contributed by atoms with Crippen molar-refractivity contribution >= 4 is 11.6 Å². The van der Waals surface area contributed by atoms with Crippen LogP contribution in [0.5, 0.6) is 0 Å². The Morgan fingerprint density at radius 1 is 1.64 bits per heavy atom. The number of hydrogen-bond acceptors (Lipinski definition) is 4. The fraction of sp³-hybridized carbons (Fsp3) is 0.556. The van der Waals surface area contributed by atoms with E-state index in [1.807, 2.05) is 6.92 Å². The second kappa shape index (κ2) is 4.21. The Morgan fingerprint density at radius 2 is 2.50 bits per heavy atom. The van der Waals surface area contributed by atoms with Gasteiger partial charge in [0.2, 0.25) is 0 Å². The predicted molar refractivity (Wildman–Crippen MR) is 53.3 cm³/mol. The van der Waals surface area contributed by atoms with E-state index in [9.17, 15) is 0 Å². The minimum atomic E-state index is -0.0661. The average Bonchev–Trinajstić information content (AvgIpc) is 2.23. The van der Waals surface area contributed by atoms with Gasteiger partial charge in [0.15, 0.2) is 5.15 Å². The molecule has 1 N–H and O–H groups in total. The Morgan fingerprint density at radius 3 is 3.21 bits per heavy atom. The first-order chi connectivity index (χ1) is 6.77. The lowest BCUT2D eigenvalue weighted by Crippen LogP contribution is -2.34. The summed E-state index contributed by atoms with van der Waals surface area (Å²) in [6.07, 6.45) is 1.59. The van der Waals surface area contributed by atoms with Gasteiger partial charge in [-0.1, -0.05) is 11.6 Å². The van der Waals surface area contributed by atoms with Crippen molar-refractivity contribution in [3.8, 4) is 0 Å². The van der Waals surface area contributed by atoms with E-state index in [1.54, 1.807) is 6.20 Å². The molecule has 1 atom stereocenters. The smallest absolute Gasteiger partial charge is 0.153 e. The highest BCUT2D eigenvalue weighted by Crippen LogP contribution is 2.22. The number of aromatic nitrogens is 2. The number of aryl methyl sites for hydroxylation is 1. The number of hydrogen-bond donors (Lipinski definition) is 1. The van der Waals surface area contributed by atoms with E-state index in [1.165, 1.54) is 0 Å². The molecule has 0 aromatic carbocycles. The van der Waals surface area contributed by atoms with Crippen LogP contribution in [0.3, 0.4) is 0 Å². The average molecular weight is 214 g/mol. The molecule has 0 bridgehead atoms. The van der Waals surface area contributed by atoms with Gasteiger partial charge in [-0.05, 0) is 6.92 Å². The van der Waals surface area contributed by atoms with Crippen LogP contribution in [0.15, 0.2) is 6.20 Å². The van der Waals surface area contributed by atoms with Crippen LogP contribution in [-0.4, -0.2) is 29.7 Å². The maximum absolute atomic E-state index is 5.95. The van der Waals surface area contributed by atoms with Crippen LogP contribution in [0.4, 0.5) is 0 Å². The highest BCUT2D eigenvalue weighted by molar-refractivity contribution is 6.30. The predicted octanol–water partition coefficient (Wildman–Crippen LogP) is 1.10. The standard InChI is InChI=1S/C9H12ClN3O/c1-6-4-12-9(10)8(13-6)7-5-11-2-3-14-7/h4,7,11H,2-3,5H2,1H3. The van der Waals surface area contributed by atoms with Crippen molar-refractivity contribution in [2.45, 2.75) is 13.0 Å². The monoisotopic (exact) mass is 213 g/mol. The van der Waals surface area contributed by atoms with E-state index in [0.717, 1.165) is 24.5 Å². The zero-order valence-corrected chi connectivity index (χ0v) is 8.71. The highest BCUT2D eigenvalue weighted by atomic mass is 35.5. The third-order valence-corrected chi connectivity index (χ3v) is 2.40. The number of nitrogens with one attached hydrogen (secondary N) is 1. The molecule has 0 saturated carbocycles. The fourth-order valence-corrected chi connectivity index (χ4v) is 1.64. The van der Waals surface area contributed by atoms with Crippen LogP contribution in [0.2, 0.25) is 5.15 Å². The Kier molecular flexibility index (Phi) is 2.96. The number of morpholine rings is 1. The fourth-order valence-electron chi connectivity index (χ4n) is 1.43. The molecular formula is C9H12ClN3O. The Balaban J connectivity index is 2.24. The van der Waals surface area contributed by atoms with Crippen molar-refractivity contribution in [1.82, 2.24) is 15.3 Å². The van der Waals surface area contributed by atoms with Crippen molar-refractivity contribution < 1.29 is 4.74 Å². The minimum absolute atomic E-state index is 0.0661. The molecule has 1 saturated heterocycles. The summed E-state index contributed by atoms with van der Waals surface area (Å²) in [4.78, 5) is 8.39. The molecule has 0 aliphatic carbocycles. The van der Waals surface area contributed by atoms with E-state index >= 15 is 0 Å². The number of ether oxygens (including phenoxy) is 1. The molecule has 5 heteroatoms. The summed E-state index contributed by atoms with van der Waals surface area (Å²) in [6, 6.07) is 0. The molecule has 0 radical (unpaired) electrons. The van der Waals surface area contributed by atoms with Crippen molar-refractivity contribution in [3.63, 3.8) is 0 Å². The summed E-state index contributed by atoms with van der Waals surface area (Å²) in [5, 5.41) is 3.66. The molecular weight excluding hydrogens is 202 g/mol. The largest absolute Gasteiger partial charge is 0.369 e. The van der Waals surface area contributed by atoms with Crippen LogP contribution in [0.25, 0.3) is 0 Å². The summed E-state index contributed by atoms with van der Waals surface area (Å²) in [7, 11) is 0. The third-order valence-electron chi connectivity index (χ3n) is 2.11. The van der Waals surface area contributed by atoms with Gasteiger partial charge in [-0.2, -0.15) is 0 Å². The zero-order chi connectivity index (χ0) is 9.97. The van der Waals surface area contributed by atoms with Crippen LogP contribution in [-0.2, 0) is 4.74 Å². The molecule has 1 fully saturated rings. The zero-order valence-electron chi connectivity index (χ0n) is 7.96. The first kappa shape index (κ1) is 9.83. The summed E-state index contributed by atoms with van der Waals surface area (Å²) in [5.41, 5.74) is 1.59. The van der Waals surface area contributed by atoms with Crippen molar-refractivity contribution in [3.05, 3.63) is 22.7 Å². The molecule has 1 unspecified atom stereocenters. The first-order valence-electron chi connectivity index (χ1n) is 4.59. The van der Waals surface area contributed by atoms with Gasteiger partial charge >= 0.3 is 0 Å². The normalized spacial score (nSPS) is 22.3. The summed E-state index contributed by atoms with van der Waals surface area (Å²) < 4.78 is 5.55. The summed E-state index contributed by atoms with van der Waals surface area (Å²) in [5.74, 6) is 0. The van der Waals surface area contributed by atoms with Crippen molar-refractivity contribution in [2.24, 2.45) is 0 Å². The molecule has 4 nitrogen and oxygen atoms in total. The van der Waals surface area contributed by atoms with Gasteiger partial charge in [-0.15, -0.1) is 0 Å². The minimum Gasteiger partial charge on any atom is -0.369 e. The maximum Gasteiger partial charge on any atom is 0.153 e. The second-order valence-electron chi connectivity index (χ2n) is 3.25. The van der Waals surface area contributed by atoms with Gasteiger partial charge in [0.25, 0.3) is 0 Å². The van der Waals surface area contributed by atoms with Gasteiger partial charge in [-0.3, -0.25) is 4.98 Å². The number of halogens is 1. The number of nitrogens with zero attached hydrogens (tertiary/aromatic N) is 2. The second-order valence-corrected chi connectivity index (χ2v) is 3.61. The van der Waals surface area contributed by atoms with Crippen LogP contribution in [0.1, 0.15) is 17.5 Å². The van der Waals surface area contributed by atoms with Crippen molar-refractivity contribution in [2.75, 3.05) is 19.7 Å². The molecule has 2 rings (SSSR count). The molecule has 1 aliphatic rings. The molecule has 0 amide bonds. The first-order valence-corrected chi connectivity index (χ1v) is 4.96. The summed E-state index contributed by atoms with van der Waals surface area (Å²) in [6.45, 7) is 4.21. The van der Waals surface area contributed by atoms with Gasteiger partial charge in [-0.25, -0.2) is 4.98 Å². The molecule has 1 aliphatic heterocycles. The van der Waals surface area contributed by atoms with Gasteiger partial charge < -0.3 is 10.1 Å². The van der Waals surface area contributed by atoms with Crippen LogP contribution >= 0.6 is 11.6 Å². The Bertz CT molecular complexity index is 326. The van der Waals surface area contributed by atoms with Crippen LogP contribution < -0.4 is 5.32 Å². The maximum atomic E-state index is 5.95. The molecule has 2 heterocycles. The van der Waals surface area contributed by atoms with Crippen molar-refractivity contribution in [1.29, 1.82) is 0 Å². The molecule has 0 spiro atoms. The molecule has 76 valence electrons. The number of rotatable bonds is 1. The lowest BCUT2D eigenvalue weighted by atomic mass is 10.2. The quantitative estimate of drug-likeness (QED) is 0.759. The van der Waals surface area contributed by atoms with E-state index in [-0.39, 0.29) is 6.10 Å². The molecule has 1 aromatic heterocycles. The van der Waals surface area contributed by atoms with Crippen LogP contribution in [0, 0.1) is 6.92 Å². The topological polar surface area (TPSA) is 47.0 Å². The lowest BCUT2D eigenvalue weighted by molar-refractivity contribution is 0.0248.